The first-order valence-corrected chi connectivity index (χ1v) is 6.38. The van der Waals surface area contributed by atoms with Gasteiger partial charge in [-0.25, -0.2) is 4.79 Å². The lowest BCUT2D eigenvalue weighted by atomic mass is 10.2. The van der Waals surface area contributed by atoms with E-state index in [0.717, 1.165) is 18.4 Å². The SMILES string of the molecule is CCCCC(=O)NCc1ccccc1.O=C(O)C(F)(F)F. The maximum absolute atomic E-state index is 11.3. The molecule has 1 aromatic rings. The van der Waals surface area contributed by atoms with Gasteiger partial charge in [0.25, 0.3) is 0 Å². The van der Waals surface area contributed by atoms with E-state index in [1.165, 1.54) is 0 Å². The van der Waals surface area contributed by atoms with E-state index in [1.807, 2.05) is 30.3 Å². The standard InChI is InChI=1S/C12H17NO.C2HF3O2/c1-2-3-9-12(14)13-10-11-7-5-4-6-8-11;3-2(4,5)1(6)7/h4-8H,2-3,9-10H2,1H3,(H,13,14);(H,6,7). The zero-order chi connectivity index (χ0) is 16.3. The van der Waals surface area contributed by atoms with Gasteiger partial charge in [0.15, 0.2) is 0 Å². The Morgan fingerprint density at radius 2 is 1.71 bits per heavy atom. The second-order valence-electron chi connectivity index (χ2n) is 4.17. The Balaban J connectivity index is 0.000000486. The van der Waals surface area contributed by atoms with E-state index >= 15 is 0 Å². The highest BCUT2D eigenvalue weighted by molar-refractivity contribution is 5.75. The van der Waals surface area contributed by atoms with Crippen molar-refractivity contribution < 1.29 is 27.9 Å². The minimum atomic E-state index is -5.08. The van der Waals surface area contributed by atoms with Crippen LogP contribution in [0.2, 0.25) is 0 Å². The molecule has 2 N–H and O–H groups in total. The van der Waals surface area contributed by atoms with Gasteiger partial charge < -0.3 is 10.4 Å². The number of unbranched alkanes of at least 4 members (excludes halogenated alkanes) is 1. The van der Waals surface area contributed by atoms with Crippen LogP contribution in [0.25, 0.3) is 0 Å². The maximum Gasteiger partial charge on any atom is 0.490 e. The fourth-order valence-electron chi connectivity index (χ4n) is 1.22. The van der Waals surface area contributed by atoms with Crippen molar-refractivity contribution in [2.75, 3.05) is 0 Å². The Morgan fingerprint density at radius 3 is 2.14 bits per heavy atom. The molecule has 1 amide bonds. The van der Waals surface area contributed by atoms with E-state index in [4.69, 9.17) is 9.90 Å². The lowest BCUT2D eigenvalue weighted by molar-refractivity contribution is -0.192. The number of carbonyl (C=O) groups excluding carboxylic acids is 1. The van der Waals surface area contributed by atoms with Crippen LogP contribution in [-0.4, -0.2) is 23.2 Å². The summed E-state index contributed by atoms with van der Waals surface area (Å²) < 4.78 is 31.7. The van der Waals surface area contributed by atoms with Crippen molar-refractivity contribution in [2.45, 2.75) is 38.9 Å². The van der Waals surface area contributed by atoms with Gasteiger partial charge >= 0.3 is 12.1 Å². The Labute approximate surface area is 121 Å². The van der Waals surface area contributed by atoms with E-state index in [-0.39, 0.29) is 5.91 Å². The molecule has 21 heavy (non-hydrogen) atoms. The van der Waals surface area contributed by atoms with Crippen LogP contribution in [0.15, 0.2) is 30.3 Å². The summed E-state index contributed by atoms with van der Waals surface area (Å²) in [5.74, 6) is -2.61. The molecule has 118 valence electrons. The third kappa shape index (κ3) is 10.4. The number of aliphatic carboxylic acids is 1. The first-order valence-electron chi connectivity index (χ1n) is 6.38. The molecular weight excluding hydrogens is 287 g/mol. The molecule has 0 aliphatic heterocycles. The third-order valence-electron chi connectivity index (χ3n) is 2.33. The fourth-order valence-corrected chi connectivity index (χ4v) is 1.22. The predicted octanol–water partition coefficient (Wildman–Crippen LogP) is 3.13. The fraction of sp³-hybridized carbons (Fsp3) is 0.429. The van der Waals surface area contributed by atoms with Crippen molar-refractivity contribution in [1.29, 1.82) is 0 Å². The van der Waals surface area contributed by atoms with E-state index < -0.39 is 12.1 Å². The lowest BCUT2D eigenvalue weighted by Crippen LogP contribution is -2.22. The number of benzene rings is 1. The first kappa shape index (κ1) is 18.9. The van der Waals surface area contributed by atoms with Crippen molar-refractivity contribution in [2.24, 2.45) is 0 Å². The number of halogens is 3. The van der Waals surface area contributed by atoms with Crippen LogP contribution in [0.3, 0.4) is 0 Å². The molecule has 1 aromatic carbocycles. The van der Waals surface area contributed by atoms with Crippen LogP contribution in [0.1, 0.15) is 31.7 Å². The van der Waals surface area contributed by atoms with E-state index in [2.05, 4.69) is 12.2 Å². The highest BCUT2D eigenvalue weighted by atomic mass is 19.4. The van der Waals surface area contributed by atoms with E-state index in [1.54, 1.807) is 0 Å². The molecule has 1 rings (SSSR count). The summed E-state index contributed by atoms with van der Waals surface area (Å²) in [6, 6.07) is 9.96. The third-order valence-corrected chi connectivity index (χ3v) is 2.33. The van der Waals surface area contributed by atoms with Crippen LogP contribution in [0, 0.1) is 0 Å². The van der Waals surface area contributed by atoms with Gasteiger partial charge in [-0.15, -0.1) is 0 Å². The monoisotopic (exact) mass is 305 g/mol. The van der Waals surface area contributed by atoms with Crippen LogP contribution < -0.4 is 5.32 Å². The molecule has 0 fully saturated rings. The summed E-state index contributed by atoms with van der Waals surface area (Å²) in [5, 5.41) is 10.0. The van der Waals surface area contributed by atoms with E-state index in [9.17, 15) is 18.0 Å². The summed E-state index contributed by atoms with van der Waals surface area (Å²) in [5.41, 5.74) is 1.15. The smallest absolute Gasteiger partial charge is 0.475 e. The molecule has 0 saturated carbocycles. The predicted molar refractivity (Wildman–Crippen MR) is 71.5 cm³/mol. The second-order valence-corrected chi connectivity index (χ2v) is 4.17. The maximum atomic E-state index is 11.3. The Hall–Kier alpha value is -2.05. The van der Waals surface area contributed by atoms with Crippen LogP contribution in [0.4, 0.5) is 13.2 Å². The summed E-state index contributed by atoms with van der Waals surface area (Å²) in [7, 11) is 0. The number of carboxylic acid groups (broad SMARTS) is 1. The number of hydrogen-bond donors (Lipinski definition) is 2. The van der Waals surface area contributed by atoms with Gasteiger partial charge in [-0.05, 0) is 12.0 Å². The van der Waals surface area contributed by atoms with Crippen molar-refractivity contribution in [3.8, 4) is 0 Å². The normalized spacial score (nSPS) is 10.3. The number of hydrogen-bond acceptors (Lipinski definition) is 2. The number of alkyl halides is 3. The van der Waals surface area contributed by atoms with Crippen molar-refractivity contribution in [3.63, 3.8) is 0 Å². The average molecular weight is 305 g/mol. The van der Waals surface area contributed by atoms with Gasteiger partial charge in [-0.2, -0.15) is 13.2 Å². The highest BCUT2D eigenvalue weighted by Gasteiger charge is 2.38. The minimum absolute atomic E-state index is 0.149. The quantitative estimate of drug-likeness (QED) is 0.878. The number of rotatable bonds is 5. The van der Waals surface area contributed by atoms with Gasteiger partial charge in [0, 0.05) is 13.0 Å². The van der Waals surface area contributed by atoms with Gasteiger partial charge in [0.2, 0.25) is 5.91 Å². The molecule has 4 nitrogen and oxygen atoms in total. The number of carboxylic acids is 1. The zero-order valence-electron chi connectivity index (χ0n) is 11.6. The molecule has 0 unspecified atom stereocenters. The van der Waals surface area contributed by atoms with Crippen LogP contribution >= 0.6 is 0 Å². The van der Waals surface area contributed by atoms with Crippen molar-refractivity contribution >= 4 is 11.9 Å². The minimum Gasteiger partial charge on any atom is -0.475 e. The van der Waals surface area contributed by atoms with Gasteiger partial charge in [-0.1, -0.05) is 43.7 Å². The molecule has 7 heteroatoms. The van der Waals surface area contributed by atoms with Crippen LogP contribution in [0.5, 0.6) is 0 Å². The largest absolute Gasteiger partial charge is 0.490 e. The molecule has 0 aliphatic carbocycles. The molecule has 0 spiro atoms. The molecule has 0 aliphatic rings. The van der Waals surface area contributed by atoms with E-state index in [0.29, 0.717) is 13.0 Å². The topological polar surface area (TPSA) is 66.4 Å². The average Bonchev–Trinajstić information content (AvgIpc) is 2.43. The molecule has 0 heterocycles. The summed E-state index contributed by atoms with van der Waals surface area (Å²) in [6.45, 7) is 2.73. The molecule has 0 saturated heterocycles. The second kappa shape index (κ2) is 9.79. The Morgan fingerprint density at radius 1 is 1.19 bits per heavy atom. The van der Waals surface area contributed by atoms with Gasteiger partial charge in [0.1, 0.15) is 0 Å². The Kier molecular flexibility index (Phi) is 8.84. The molecule has 0 bridgehead atoms. The summed E-state index contributed by atoms with van der Waals surface area (Å²) in [6.07, 6.45) is -2.40. The van der Waals surface area contributed by atoms with Crippen molar-refractivity contribution in [3.05, 3.63) is 35.9 Å². The summed E-state index contributed by atoms with van der Waals surface area (Å²) in [4.78, 5) is 20.2. The first-order chi connectivity index (χ1) is 9.77. The molecular formula is C14H18F3NO3. The molecule has 0 aromatic heterocycles. The highest BCUT2D eigenvalue weighted by Crippen LogP contribution is 2.13. The molecule has 0 atom stereocenters. The number of amides is 1. The van der Waals surface area contributed by atoms with Crippen LogP contribution in [-0.2, 0) is 16.1 Å². The number of nitrogens with one attached hydrogen (secondary N) is 1. The van der Waals surface area contributed by atoms with Gasteiger partial charge in [0.05, 0.1) is 0 Å². The summed E-state index contributed by atoms with van der Waals surface area (Å²) >= 11 is 0. The van der Waals surface area contributed by atoms with Crippen molar-refractivity contribution in [1.82, 2.24) is 5.32 Å². The zero-order valence-corrected chi connectivity index (χ0v) is 11.6. The Bertz CT molecular complexity index is 433. The number of carbonyl (C=O) groups is 2. The lowest BCUT2D eigenvalue weighted by Gasteiger charge is -2.04. The molecule has 0 radical (unpaired) electrons. The van der Waals surface area contributed by atoms with Gasteiger partial charge in [-0.3, -0.25) is 4.79 Å².